The van der Waals surface area contributed by atoms with E-state index in [0.29, 0.717) is 11.7 Å². The third-order valence-corrected chi connectivity index (χ3v) is 3.42. The zero-order chi connectivity index (χ0) is 14.7. The topological polar surface area (TPSA) is 63.9 Å². The van der Waals surface area contributed by atoms with E-state index >= 15 is 0 Å². The molecule has 4 nitrogen and oxygen atoms in total. The van der Waals surface area contributed by atoms with Gasteiger partial charge in [0.2, 0.25) is 0 Å². The summed E-state index contributed by atoms with van der Waals surface area (Å²) in [4.78, 5) is 0. The maximum absolute atomic E-state index is 6.07. The van der Waals surface area contributed by atoms with Crippen molar-refractivity contribution in [1.82, 2.24) is 10.2 Å². The van der Waals surface area contributed by atoms with Crippen molar-refractivity contribution in [3.63, 3.8) is 0 Å². The van der Waals surface area contributed by atoms with Gasteiger partial charge in [-0.3, -0.25) is 5.10 Å². The van der Waals surface area contributed by atoms with Crippen molar-refractivity contribution >= 4 is 5.82 Å². The number of aryl methyl sites for hydroxylation is 1. The molecule has 0 atom stereocenters. The Labute approximate surface area is 120 Å². The van der Waals surface area contributed by atoms with Crippen LogP contribution in [0.4, 0.5) is 5.82 Å². The molecular formula is C16H23N3O. The van der Waals surface area contributed by atoms with Crippen LogP contribution in [0.5, 0.6) is 5.75 Å². The van der Waals surface area contributed by atoms with Gasteiger partial charge in [-0.15, -0.1) is 0 Å². The highest BCUT2D eigenvalue weighted by molar-refractivity contribution is 5.81. The van der Waals surface area contributed by atoms with Crippen LogP contribution in [0, 0.1) is 5.92 Å². The first kappa shape index (κ1) is 14.4. The second kappa shape index (κ2) is 5.99. The summed E-state index contributed by atoms with van der Waals surface area (Å²) in [6.07, 6.45) is 1.90. The maximum atomic E-state index is 6.07. The Morgan fingerprint density at radius 1 is 1.35 bits per heavy atom. The third kappa shape index (κ3) is 2.79. The first-order valence-electron chi connectivity index (χ1n) is 7.06. The van der Waals surface area contributed by atoms with Gasteiger partial charge in [-0.25, -0.2) is 0 Å². The average molecular weight is 273 g/mol. The van der Waals surface area contributed by atoms with E-state index in [1.807, 2.05) is 6.07 Å². The Balaban J connectivity index is 2.57. The number of aromatic amines is 1. The molecule has 0 fully saturated rings. The molecule has 0 spiro atoms. The zero-order valence-electron chi connectivity index (χ0n) is 12.7. The molecule has 0 bridgehead atoms. The summed E-state index contributed by atoms with van der Waals surface area (Å²) in [5, 5.41) is 7.24. The molecule has 1 aromatic heterocycles. The molecule has 1 heterocycles. The van der Waals surface area contributed by atoms with Crippen LogP contribution in [0.25, 0.3) is 11.1 Å². The number of nitrogen functional groups attached to an aromatic ring is 1. The minimum atomic E-state index is 0.534. The van der Waals surface area contributed by atoms with Gasteiger partial charge in [0.15, 0.2) is 5.82 Å². The van der Waals surface area contributed by atoms with Crippen LogP contribution in [-0.2, 0) is 12.8 Å². The number of methoxy groups -OCH3 is 1. The van der Waals surface area contributed by atoms with E-state index in [0.717, 1.165) is 35.4 Å². The predicted molar refractivity (Wildman–Crippen MR) is 82.9 cm³/mol. The summed E-state index contributed by atoms with van der Waals surface area (Å²) in [6, 6.07) is 6.23. The number of nitrogens with zero attached hydrogens (tertiary/aromatic N) is 1. The second-order valence-corrected chi connectivity index (χ2v) is 5.45. The van der Waals surface area contributed by atoms with Gasteiger partial charge in [0.05, 0.1) is 12.7 Å². The minimum absolute atomic E-state index is 0.534. The number of nitrogens with two attached hydrogens (primary N) is 1. The zero-order valence-corrected chi connectivity index (χ0v) is 12.7. The molecule has 1 aromatic carbocycles. The summed E-state index contributed by atoms with van der Waals surface area (Å²) in [7, 11) is 1.68. The molecule has 4 heteroatoms. The minimum Gasteiger partial charge on any atom is -0.496 e. The SMILES string of the molecule is CCc1ccc(OC)c(-c2c(N)n[nH]c2CC(C)C)c1. The summed E-state index contributed by atoms with van der Waals surface area (Å²) in [5.41, 5.74) is 10.4. The molecule has 0 unspecified atom stereocenters. The predicted octanol–water partition coefficient (Wildman–Crippen LogP) is 3.43. The smallest absolute Gasteiger partial charge is 0.153 e. The van der Waals surface area contributed by atoms with Crippen LogP contribution in [-0.4, -0.2) is 17.3 Å². The quantitative estimate of drug-likeness (QED) is 0.877. The highest BCUT2D eigenvalue weighted by atomic mass is 16.5. The first-order valence-corrected chi connectivity index (χ1v) is 7.06. The molecule has 20 heavy (non-hydrogen) atoms. The first-order chi connectivity index (χ1) is 9.56. The Morgan fingerprint density at radius 3 is 2.70 bits per heavy atom. The monoisotopic (exact) mass is 273 g/mol. The highest BCUT2D eigenvalue weighted by Gasteiger charge is 2.18. The van der Waals surface area contributed by atoms with Crippen molar-refractivity contribution in [3.8, 4) is 16.9 Å². The number of nitrogens with one attached hydrogen (secondary N) is 1. The van der Waals surface area contributed by atoms with E-state index in [1.54, 1.807) is 7.11 Å². The highest BCUT2D eigenvalue weighted by Crippen LogP contribution is 2.36. The van der Waals surface area contributed by atoms with Crippen LogP contribution in [0.2, 0.25) is 0 Å². The lowest BCUT2D eigenvalue weighted by Gasteiger charge is -2.12. The lowest BCUT2D eigenvalue weighted by molar-refractivity contribution is 0.416. The summed E-state index contributed by atoms with van der Waals surface area (Å²) in [6.45, 7) is 6.50. The van der Waals surface area contributed by atoms with E-state index in [-0.39, 0.29) is 0 Å². The van der Waals surface area contributed by atoms with Gasteiger partial charge in [0.25, 0.3) is 0 Å². The molecule has 0 aliphatic rings. The standard InChI is InChI=1S/C16H23N3O/c1-5-11-6-7-14(20-4)12(9-11)15-13(8-10(2)3)18-19-16(15)17/h6-7,9-10H,5,8H2,1-4H3,(H3,17,18,19). The lowest BCUT2D eigenvalue weighted by atomic mass is 9.97. The van der Waals surface area contributed by atoms with E-state index in [1.165, 1.54) is 5.56 Å². The summed E-state index contributed by atoms with van der Waals surface area (Å²) >= 11 is 0. The molecule has 0 radical (unpaired) electrons. The van der Waals surface area contributed by atoms with Gasteiger partial charge in [0, 0.05) is 11.3 Å². The third-order valence-electron chi connectivity index (χ3n) is 3.42. The van der Waals surface area contributed by atoms with Crippen molar-refractivity contribution in [3.05, 3.63) is 29.5 Å². The van der Waals surface area contributed by atoms with E-state index in [2.05, 4.69) is 43.1 Å². The van der Waals surface area contributed by atoms with Crippen LogP contribution < -0.4 is 10.5 Å². The van der Waals surface area contributed by atoms with Crippen molar-refractivity contribution < 1.29 is 4.74 Å². The molecule has 0 saturated carbocycles. The fourth-order valence-corrected chi connectivity index (χ4v) is 2.42. The van der Waals surface area contributed by atoms with Gasteiger partial charge in [-0.05, 0) is 36.5 Å². The molecule has 0 aliphatic carbocycles. The summed E-state index contributed by atoms with van der Waals surface area (Å²) < 4.78 is 5.49. The number of anilines is 1. The number of H-pyrrole nitrogens is 1. The van der Waals surface area contributed by atoms with E-state index in [9.17, 15) is 0 Å². The average Bonchev–Trinajstić information content (AvgIpc) is 2.78. The number of ether oxygens (including phenoxy) is 1. The van der Waals surface area contributed by atoms with Crippen molar-refractivity contribution in [2.24, 2.45) is 5.92 Å². The maximum Gasteiger partial charge on any atom is 0.153 e. The lowest BCUT2D eigenvalue weighted by Crippen LogP contribution is -1.99. The van der Waals surface area contributed by atoms with E-state index in [4.69, 9.17) is 10.5 Å². The van der Waals surface area contributed by atoms with Gasteiger partial charge in [-0.2, -0.15) is 5.10 Å². The fourth-order valence-electron chi connectivity index (χ4n) is 2.42. The molecule has 108 valence electrons. The van der Waals surface area contributed by atoms with Crippen LogP contribution in [0.15, 0.2) is 18.2 Å². The Kier molecular flexibility index (Phi) is 4.32. The molecule has 0 amide bonds. The van der Waals surface area contributed by atoms with Gasteiger partial charge in [0.1, 0.15) is 5.75 Å². The molecule has 0 saturated heterocycles. The molecular weight excluding hydrogens is 250 g/mol. The summed E-state index contributed by atoms with van der Waals surface area (Å²) in [5.74, 6) is 1.90. The number of rotatable bonds is 5. The van der Waals surface area contributed by atoms with Gasteiger partial charge < -0.3 is 10.5 Å². The van der Waals surface area contributed by atoms with Crippen LogP contribution >= 0.6 is 0 Å². The number of hydrogen-bond acceptors (Lipinski definition) is 3. The number of hydrogen-bond donors (Lipinski definition) is 2. The molecule has 2 rings (SSSR count). The number of benzene rings is 1. The van der Waals surface area contributed by atoms with Crippen molar-refractivity contribution in [2.75, 3.05) is 12.8 Å². The van der Waals surface area contributed by atoms with Gasteiger partial charge >= 0.3 is 0 Å². The molecule has 3 N–H and O–H groups in total. The Hall–Kier alpha value is -1.97. The Morgan fingerprint density at radius 2 is 2.10 bits per heavy atom. The molecule has 2 aromatic rings. The van der Waals surface area contributed by atoms with Gasteiger partial charge in [-0.1, -0.05) is 26.8 Å². The van der Waals surface area contributed by atoms with Crippen LogP contribution in [0.1, 0.15) is 32.0 Å². The van der Waals surface area contributed by atoms with Crippen molar-refractivity contribution in [1.29, 1.82) is 0 Å². The Bertz CT molecular complexity index is 587. The van der Waals surface area contributed by atoms with E-state index < -0.39 is 0 Å². The largest absolute Gasteiger partial charge is 0.496 e. The van der Waals surface area contributed by atoms with Crippen molar-refractivity contribution in [2.45, 2.75) is 33.6 Å². The number of aromatic nitrogens is 2. The molecule has 0 aliphatic heterocycles. The fraction of sp³-hybridized carbons (Fsp3) is 0.438. The second-order valence-electron chi connectivity index (χ2n) is 5.45. The van der Waals surface area contributed by atoms with Crippen LogP contribution in [0.3, 0.4) is 0 Å². The normalized spacial score (nSPS) is 11.1.